The zero-order chi connectivity index (χ0) is 15.8. The van der Waals surface area contributed by atoms with Crippen LogP contribution in [0.1, 0.15) is 61.3 Å². The Kier molecular flexibility index (Phi) is 4.33. The Morgan fingerprint density at radius 1 is 1.04 bits per heavy atom. The molecule has 0 amide bonds. The summed E-state index contributed by atoms with van der Waals surface area (Å²) < 4.78 is 12.0. The molecule has 0 bridgehead atoms. The first-order valence-corrected chi connectivity index (χ1v) is 9.32. The summed E-state index contributed by atoms with van der Waals surface area (Å²) in [6.07, 6.45) is 7.86. The first kappa shape index (κ1) is 15.5. The second kappa shape index (κ2) is 6.45. The quantitative estimate of drug-likeness (QED) is 0.912. The van der Waals surface area contributed by atoms with E-state index in [0.29, 0.717) is 18.2 Å². The van der Waals surface area contributed by atoms with E-state index in [-0.39, 0.29) is 0 Å². The van der Waals surface area contributed by atoms with Gasteiger partial charge in [0.1, 0.15) is 5.75 Å². The van der Waals surface area contributed by atoms with Crippen molar-refractivity contribution in [3.05, 3.63) is 28.8 Å². The number of ether oxygens (including phenoxy) is 2. The van der Waals surface area contributed by atoms with E-state index in [2.05, 4.69) is 31.3 Å². The fourth-order valence-electron chi connectivity index (χ4n) is 4.29. The van der Waals surface area contributed by atoms with Gasteiger partial charge < -0.3 is 14.8 Å². The van der Waals surface area contributed by atoms with Gasteiger partial charge in [-0.25, -0.2) is 0 Å². The van der Waals surface area contributed by atoms with E-state index in [1.807, 2.05) is 0 Å². The lowest BCUT2D eigenvalue weighted by Gasteiger charge is -2.33. The van der Waals surface area contributed by atoms with Gasteiger partial charge in [-0.15, -0.1) is 0 Å². The van der Waals surface area contributed by atoms with Crippen LogP contribution in [-0.4, -0.2) is 25.4 Å². The predicted molar refractivity (Wildman–Crippen MR) is 92.0 cm³/mol. The zero-order valence-electron chi connectivity index (χ0n) is 14.4. The lowest BCUT2D eigenvalue weighted by Crippen LogP contribution is -2.41. The molecule has 1 N–H and O–H groups in total. The summed E-state index contributed by atoms with van der Waals surface area (Å²) in [5.41, 5.74) is 3.98. The Morgan fingerprint density at radius 2 is 1.91 bits per heavy atom. The minimum atomic E-state index is 0.425. The molecule has 23 heavy (non-hydrogen) atoms. The summed E-state index contributed by atoms with van der Waals surface area (Å²) in [6.45, 7) is 6.12. The van der Waals surface area contributed by atoms with Crippen molar-refractivity contribution in [1.29, 1.82) is 0 Å². The SMILES string of the molecule is Cc1cc(C)c2c(c1)[C@H](N[C@H]1CCO[C@H](C3CC3)C1)CCCO2. The molecule has 1 saturated carbocycles. The minimum absolute atomic E-state index is 0.425. The molecule has 1 aromatic rings. The maximum Gasteiger partial charge on any atom is 0.126 e. The zero-order valence-corrected chi connectivity index (χ0v) is 14.4. The lowest BCUT2D eigenvalue weighted by molar-refractivity contribution is -0.0130. The number of hydrogen-bond donors (Lipinski definition) is 1. The second-order valence-electron chi connectivity index (χ2n) is 7.68. The van der Waals surface area contributed by atoms with Gasteiger partial charge in [0.2, 0.25) is 0 Å². The Labute approximate surface area is 139 Å². The summed E-state index contributed by atoms with van der Waals surface area (Å²) in [6, 6.07) is 5.57. The highest BCUT2D eigenvalue weighted by molar-refractivity contribution is 5.46. The fourth-order valence-corrected chi connectivity index (χ4v) is 4.29. The van der Waals surface area contributed by atoms with Gasteiger partial charge in [-0.3, -0.25) is 0 Å². The molecule has 3 heteroatoms. The third kappa shape index (κ3) is 3.41. The minimum Gasteiger partial charge on any atom is -0.493 e. The van der Waals surface area contributed by atoms with Crippen LogP contribution in [0.4, 0.5) is 0 Å². The summed E-state index contributed by atoms with van der Waals surface area (Å²) >= 11 is 0. The van der Waals surface area contributed by atoms with Crippen LogP contribution >= 0.6 is 0 Å². The maximum absolute atomic E-state index is 6.06. The van der Waals surface area contributed by atoms with Crippen LogP contribution in [0.25, 0.3) is 0 Å². The molecule has 3 nitrogen and oxygen atoms in total. The number of nitrogens with one attached hydrogen (secondary N) is 1. The van der Waals surface area contributed by atoms with E-state index in [4.69, 9.17) is 9.47 Å². The molecule has 1 aliphatic carbocycles. The Hall–Kier alpha value is -1.06. The van der Waals surface area contributed by atoms with E-state index >= 15 is 0 Å². The van der Waals surface area contributed by atoms with Gasteiger partial charge in [-0.05, 0) is 63.9 Å². The van der Waals surface area contributed by atoms with Crippen LogP contribution in [0, 0.1) is 19.8 Å². The first-order chi connectivity index (χ1) is 11.2. The van der Waals surface area contributed by atoms with E-state index in [1.165, 1.54) is 42.4 Å². The number of aryl methyl sites for hydroxylation is 2. The summed E-state index contributed by atoms with van der Waals surface area (Å²) in [5, 5.41) is 3.96. The Balaban J connectivity index is 1.52. The van der Waals surface area contributed by atoms with Crippen molar-refractivity contribution in [3.63, 3.8) is 0 Å². The first-order valence-electron chi connectivity index (χ1n) is 9.32. The number of benzene rings is 1. The molecule has 3 atom stereocenters. The molecule has 4 rings (SSSR count). The monoisotopic (exact) mass is 315 g/mol. The molecule has 2 aliphatic heterocycles. The van der Waals surface area contributed by atoms with Crippen molar-refractivity contribution in [1.82, 2.24) is 5.32 Å². The molecule has 2 fully saturated rings. The van der Waals surface area contributed by atoms with Crippen LogP contribution in [0.15, 0.2) is 12.1 Å². The van der Waals surface area contributed by atoms with Crippen molar-refractivity contribution in [2.24, 2.45) is 5.92 Å². The normalized spacial score (nSPS) is 31.1. The molecule has 0 unspecified atom stereocenters. The van der Waals surface area contributed by atoms with Crippen molar-refractivity contribution >= 4 is 0 Å². The van der Waals surface area contributed by atoms with Gasteiger partial charge >= 0.3 is 0 Å². The number of hydrogen-bond acceptors (Lipinski definition) is 3. The van der Waals surface area contributed by atoms with Crippen LogP contribution in [0.2, 0.25) is 0 Å². The topological polar surface area (TPSA) is 30.5 Å². The highest BCUT2D eigenvalue weighted by Crippen LogP contribution is 2.40. The van der Waals surface area contributed by atoms with E-state index in [9.17, 15) is 0 Å². The summed E-state index contributed by atoms with van der Waals surface area (Å²) in [5.74, 6) is 1.96. The third-order valence-corrected chi connectivity index (χ3v) is 5.61. The standard InChI is InChI=1S/C20H29NO2/c1-13-10-14(2)20-17(11-13)18(4-3-8-23-20)21-16-7-9-22-19(12-16)15-5-6-15/h10-11,15-16,18-19,21H,3-9,12H2,1-2H3/t16-,18+,19-/m0/s1. The predicted octanol–water partition coefficient (Wildman–Crippen LogP) is 4.06. The van der Waals surface area contributed by atoms with Crippen LogP contribution < -0.4 is 10.1 Å². The second-order valence-corrected chi connectivity index (χ2v) is 7.68. The van der Waals surface area contributed by atoms with Crippen LogP contribution in [-0.2, 0) is 4.74 Å². The molecule has 1 saturated heterocycles. The maximum atomic E-state index is 6.06. The molecule has 3 aliphatic rings. The molecule has 0 radical (unpaired) electrons. The smallest absolute Gasteiger partial charge is 0.126 e. The average molecular weight is 315 g/mol. The van der Waals surface area contributed by atoms with Gasteiger partial charge in [0.15, 0.2) is 0 Å². The van der Waals surface area contributed by atoms with Crippen LogP contribution in [0.5, 0.6) is 5.75 Å². The van der Waals surface area contributed by atoms with Crippen molar-refractivity contribution in [2.75, 3.05) is 13.2 Å². The highest BCUT2D eigenvalue weighted by Gasteiger charge is 2.36. The average Bonchev–Trinajstić information content (AvgIpc) is 3.36. The fraction of sp³-hybridized carbons (Fsp3) is 0.700. The van der Waals surface area contributed by atoms with E-state index in [0.717, 1.165) is 37.7 Å². The van der Waals surface area contributed by atoms with Gasteiger partial charge in [-0.2, -0.15) is 0 Å². The molecule has 0 spiro atoms. The third-order valence-electron chi connectivity index (χ3n) is 5.61. The molecular weight excluding hydrogens is 286 g/mol. The van der Waals surface area contributed by atoms with Gasteiger partial charge in [0.25, 0.3) is 0 Å². The number of fused-ring (bicyclic) bond motifs is 1. The molecule has 2 heterocycles. The Bertz CT molecular complexity index is 567. The number of rotatable bonds is 3. The molecule has 1 aromatic carbocycles. The van der Waals surface area contributed by atoms with Gasteiger partial charge in [-0.1, -0.05) is 17.7 Å². The summed E-state index contributed by atoms with van der Waals surface area (Å²) in [7, 11) is 0. The van der Waals surface area contributed by atoms with E-state index in [1.54, 1.807) is 0 Å². The van der Waals surface area contributed by atoms with Crippen molar-refractivity contribution in [2.45, 2.75) is 70.6 Å². The lowest BCUT2D eigenvalue weighted by atomic mass is 9.94. The largest absolute Gasteiger partial charge is 0.493 e. The van der Waals surface area contributed by atoms with Crippen molar-refractivity contribution in [3.8, 4) is 5.75 Å². The van der Waals surface area contributed by atoms with Gasteiger partial charge in [0.05, 0.1) is 12.7 Å². The van der Waals surface area contributed by atoms with Gasteiger partial charge in [0, 0.05) is 24.3 Å². The van der Waals surface area contributed by atoms with Crippen LogP contribution in [0.3, 0.4) is 0 Å². The molecular formula is C20H29NO2. The molecule has 0 aromatic heterocycles. The summed E-state index contributed by atoms with van der Waals surface area (Å²) in [4.78, 5) is 0. The Morgan fingerprint density at radius 3 is 2.74 bits per heavy atom. The van der Waals surface area contributed by atoms with E-state index < -0.39 is 0 Å². The highest BCUT2D eigenvalue weighted by atomic mass is 16.5. The molecule has 126 valence electrons. The van der Waals surface area contributed by atoms with Crippen molar-refractivity contribution < 1.29 is 9.47 Å².